The van der Waals surface area contributed by atoms with Gasteiger partial charge >= 0.3 is 0 Å². The lowest BCUT2D eigenvalue weighted by Crippen LogP contribution is -2.03. The zero-order chi connectivity index (χ0) is 13.9. The zero-order valence-electron chi connectivity index (χ0n) is 11.1. The van der Waals surface area contributed by atoms with Gasteiger partial charge in [-0.1, -0.05) is 30.3 Å². The van der Waals surface area contributed by atoms with Crippen molar-refractivity contribution < 1.29 is 19.0 Å². The molecule has 1 aliphatic heterocycles. The molecule has 0 fully saturated rings. The summed E-state index contributed by atoms with van der Waals surface area (Å²) in [6.07, 6.45) is 0. The van der Waals surface area contributed by atoms with Crippen LogP contribution >= 0.6 is 0 Å². The predicted octanol–water partition coefficient (Wildman–Crippen LogP) is 2.85. The van der Waals surface area contributed by atoms with Gasteiger partial charge in [-0.05, 0) is 5.56 Å². The summed E-state index contributed by atoms with van der Waals surface area (Å²) in [5, 5.41) is 0. The fraction of sp³-hybridized carbons (Fsp3) is 0.188. The first-order chi connectivity index (χ1) is 9.78. The molecule has 1 aliphatic rings. The van der Waals surface area contributed by atoms with Crippen molar-refractivity contribution in [3.63, 3.8) is 0 Å². The summed E-state index contributed by atoms with van der Waals surface area (Å²) in [6, 6.07) is 13.2. The first-order valence-electron chi connectivity index (χ1n) is 6.32. The lowest BCUT2D eigenvalue weighted by molar-refractivity contribution is 0.0958. The van der Waals surface area contributed by atoms with Gasteiger partial charge in [-0.3, -0.25) is 4.79 Å². The first kappa shape index (κ1) is 12.5. The van der Waals surface area contributed by atoms with Gasteiger partial charge in [0.2, 0.25) is 5.78 Å². The highest BCUT2D eigenvalue weighted by Crippen LogP contribution is 2.38. The highest BCUT2D eigenvalue weighted by Gasteiger charge is 2.27. The molecule has 0 amide bonds. The number of hydrogen-bond acceptors (Lipinski definition) is 4. The van der Waals surface area contributed by atoms with Crippen molar-refractivity contribution in [2.45, 2.75) is 6.61 Å². The van der Waals surface area contributed by atoms with Crippen LogP contribution in [-0.4, -0.2) is 19.5 Å². The number of fused-ring (bicyclic) bond motifs is 1. The molecule has 0 bridgehead atoms. The molecular weight excluding hydrogens is 256 g/mol. The molecule has 0 aliphatic carbocycles. The Hall–Kier alpha value is -2.49. The summed E-state index contributed by atoms with van der Waals surface area (Å²) in [7, 11) is 1.57. The van der Waals surface area contributed by atoms with E-state index < -0.39 is 0 Å². The number of ketones is 1. The molecule has 1 heterocycles. The number of benzene rings is 2. The van der Waals surface area contributed by atoms with Crippen LogP contribution in [0.2, 0.25) is 0 Å². The third kappa shape index (κ3) is 2.32. The van der Waals surface area contributed by atoms with Gasteiger partial charge in [0.05, 0.1) is 7.11 Å². The third-order valence-electron chi connectivity index (χ3n) is 3.15. The smallest absolute Gasteiger partial charge is 0.207 e. The van der Waals surface area contributed by atoms with E-state index in [1.54, 1.807) is 19.2 Å². The van der Waals surface area contributed by atoms with Gasteiger partial charge in [-0.2, -0.15) is 0 Å². The van der Waals surface area contributed by atoms with Crippen LogP contribution in [0.3, 0.4) is 0 Å². The van der Waals surface area contributed by atoms with Gasteiger partial charge in [0.15, 0.2) is 6.61 Å². The van der Waals surface area contributed by atoms with Crippen LogP contribution in [0.1, 0.15) is 15.9 Å². The largest absolute Gasteiger partial charge is 0.496 e. The van der Waals surface area contributed by atoms with Crippen LogP contribution in [0.15, 0.2) is 42.5 Å². The van der Waals surface area contributed by atoms with Crippen LogP contribution in [0.5, 0.6) is 17.2 Å². The molecule has 20 heavy (non-hydrogen) atoms. The minimum absolute atomic E-state index is 0.0597. The summed E-state index contributed by atoms with van der Waals surface area (Å²) in [5.41, 5.74) is 1.54. The predicted molar refractivity (Wildman–Crippen MR) is 73.6 cm³/mol. The second-order valence-corrected chi connectivity index (χ2v) is 4.48. The monoisotopic (exact) mass is 270 g/mol. The number of methoxy groups -OCH3 is 1. The third-order valence-corrected chi connectivity index (χ3v) is 3.15. The van der Waals surface area contributed by atoms with Crippen molar-refractivity contribution in [1.82, 2.24) is 0 Å². The van der Waals surface area contributed by atoms with E-state index >= 15 is 0 Å². The molecule has 0 atom stereocenters. The fourth-order valence-electron chi connectivity index (χ4n) is 2.14. The number of carbonyl (C=O) groups excluding carboxylic acids is 1. The Kier molecular flexibility index (Phi) is 3.29. The summed E-state index contributed by atoms with van der Waals surface area (Å²) >= 11 is 0. The SMILES string of the molecule is COc1cc2c(c(OCc3ccccc3)c1)C(=O)CO2. The van der Waals surface area contributed by atoms with Gasteiger partial charge in [0, 0.05) is 12.1 Å². The van der Waals surface area contributed by atoms with Crippen molar-refractivity contribution in [2.75, 3.05) is 13.7 Å². The molecule has 0 saturated heterocycles. The molecule has 3 rings (SSSR count). The maximum Gasteiger partial charge on any atom is 0.207 e. The lowest BCUT2D eigenvalue weighted by Gasteiger charge is -2.11. The second kappa shape index (κ2) is 5.25. The maximum atomic E-state index is 11.9. The van der Waals surface area contributed by atoms with Gasteiger partial charge in [-0.25, -0.2) is 0 Å². The number of rotatable bonds is 4. The van der Waals surface area contributed by atoms with Gasteiger partial charge in [0.25, 0.3) is 0 Å². The van der Waals surface area contributed by atoms with Crippen LogP contribution in [0.25, 0.3) is 0 Å². The van der Waals surface area contributed by atoms with Crippen LogP contribution in [-0.2, 0) is 6.61 Å². The highest BCUT2D eigenvalue weighted by atomic mass is 16.5. The Balaban J connectivity index is 1.89. The van der Waals surface area contributed by atoms with E-state index in [0.29, 0.717) is 29.4 Å². The van der Waals surface area contributed by atoms with Crippen LogP contribution in [0.4, 0.5) is 0 Å². The molecule has 4 nitrogen and oxygen atoms in total. The quantitative estimate of drug-likeness (QED) is 0.857. The summed E-state index contributed by atoms with van der Waals surface area (Å²) in [5.74, 6) is 1.58. The Morgan fingerprint density at radius 2 is 2.00 bits per heavy atom. The van der Waals surface area contributed by atoms with Crippen LogP contribution < -0.4 is 14.2 Å². The van der Waals surface area contributed by atoms with Crippen molar-refractivity contribution in [1.29, 1.82) is 0 Å². The van der Waals surface area contributed by atoms with E-state index in [1.807, 2.05) is 30.3 Å². The Morgan fingerprint density at radius 1 is 1.20 bits per heavy atom. The van der Waals surface area contributed by atoms with E-state index in [9.17, 15) is 4.79 Å². The van der Waals surface area contributed by atoms with Gasteiger partial charge in [0.1, 0.15) is 29.4 Å². The molecule has 0 aromatic heterocycles. The number of carbonyl (C=O) groups is 1. The van der Waals surface area contributed by atoms with E-state index in [-0.39, 0.29) is 12.4 Å². The Labute approximate surface area is 116 Å². The highest BCUT2D eigenvalue weighted by molar-refractivity contribution is 6.04. The molecule has 2 aromatic carbocycles. The zero-order valence-corrected chi connectivity index (χ0v) is 11.1. The minimum atomic E-state index is -0.0642. The van der Waals surface area contributed by atoms with Crippen molar-refractivity contribution in [3.8, 4) is 17.2 Å². The topological polar surface area (TPSA) is 44.8 Å². The van der Waals surface area contributed by atoms with Crippen molar-refractivity contribution >= 4 is 5.78 Å². The van der Waals surface area contributed by atoms with Crippen molar-refractivity contribution in [3.05, 3.63) is 53.6 Å². The molecule has 2 aromatic rings. The molecular formula is C16H14O4. The van der Waals surface area contributed by atoms with Gasteiger partial charge < -0.3 is 14.2 Å². The molecule has 0 spiro atoms. The fourth-order valence-corrected chi connectivity index (χ4v) is 2.14. The summed E-state index contributed by atoms with van der Waals surface area (Å²) in [4.78, 5) is 11.9. The normalized spacial score (nSPS) is 12.8. The molecule has 4 heteroatoms. The average molecular weight is 270 g/mol. The first-order valence-corrected chi connectivity index (χ1v) is 6.32. The maximum absolute atomic E-state index is 11.9. The van der Waals surface area contributed by atoms with E-state index in [1.165, 1.54) is 0 Å². The molecule has 0 N–H and O–H groups in total. The average Bonchev–Trinajstić information content (AvgIpc) is 2.87. The van der Waals surface area contributed by atoms with Crippen molar-refractivity contribution in [2.24, 2.45) is 0 Å². The molecule has 102 valence electrons. The van der Waals surface area contributed by atoms with Crippen LogP contribution in [0, 0.1) is 0 Å². The number of Topliss-reactive ketones (excluding diaryl/α,β-unsaturated/α-hetero) is 1. The Morgan fingerprint density at radius 3 is 2.75 bits per heavy atom. The summed E-state index contributed by atoms with van der Waals surface area (Å²) in [6.45, 7) is 0.456. The minimum Gasteiger partial charge on any atom is -0.496 e. The van der Waals surface area contributed by atoms with E-state index in [4.69, 9.17) is 14.2 Å². The Bertz CT molecular complexity index is 634. The lowest BCUT2D eigenvalue weighted by atomic mass is 10.1. The van der Waals surface area contributed by atoms with E-state index in [0.717, 1.165) is 5.56 Å². The second-order valence-electron chi connectivity index (χ2n) is 4.48. The number of hydrogen-bond donors (Lipinski definition) is 0. The van der Waals surface area contributed by atoms with E-state index in [2.05, 4.69) is 0 Å². The summed E-state index contributed by atoms with van der Waals surface area (Å²) < 4.78 is 16.3. The number of ether oxygens (including phenoxy) is 3. The molecule has 0 radical (unpaired) electrons. The molecule has 0 saturated carbocycles. The van der Waals surface area contributed by atoms with Gasteiger partial charge in [-0.15, -0.1) is 0 Å². The standard InChI is InChI=1S/C16H14O4/c1-18-12-7-14(16-13(17)10-20-15(16)8-12)19-9-11-5-3-2-4-6-11/h2-8H,9-10H2,1H3. The molecule has 0 unspecified atom stereocenters.